The van der Waals surface area contributed by atoms with Crippen LogP contribution in [0.3, 0.4) is 0 Å². The van der Waals surface area contributed by atoms with Crippen LogP contribution in [0, 0.1) is 12.7 Å². The van der Waals surface area contributed by atoms with Gasteiger partial charge in [-0.15, -0.1) is 0 Å². The van der Waals surface area contributed by atoms with Gasteiger partial charge in [-0.2, -0.15) is 4.31 Å². The Kier molecular flexibility index (Phi) is 5.02. The van der Waals surface area contributed by atoms with E-state index in [1.54, 1.807) is 24.0 Å². The fraction of sp³-hybridized carbons (Fsp3) is 0.500. The highest BCUT2D eigenvalue weighted by atomic mass is 32.2. The van der Waals surface area contributed by atoms with E-state index in [-0.39, 0.29) is 18.3 Å². The second-order valence-electron chi connectivity index (χ2n) is 5.36. The number of benzene rings is 1. The number of rotatable bonds is 4. The first-order chi connectivity index (χ1) is 10.3. The molecule has 1 N–H and O–H groups in total. The lowest BCUT2D eigenvalue weighted by Crippen LogP contribution is -2.51. The zero-order valence-corrected chi connectivity index (χ0v) is 13.5. The fourth-order valence-corrected chi connectivity index (χ4v) is 3.09. The molecule has 0 bridgehead atoms. The third-order valence-corrected chi connectivity index (χ3v) is 4.98. The summed E-state index contributed by atoms with van der Waals surface area (Å²) in [5.41, 5.74) is 1.10. The van der Waals surface area contributed by atoms with Gasteiger partial charge in [-0.05, 0) is 24.6 Å². The summed E-state index contributed by atoms with van der Waals surface area (Å²) < 4.78 is 37.6. The number of hydrogen-bond acceptors (Lipinski definition) is 4. The highest BCUT2D eigenvalue weighted by molar-refractivity contribution is 7.88. The molecule has 0 spiro atoms. The predicted octanol–water partition coefficient (Wildman–Crippen LogP) is 0.650. The number of nitrogens with one attached hydrogen (secondary N) is 1. The molecule has 1 aromatic rings. The van der Waals surface area contributed by atoms with Gasteiger partial charge in [0.1, 0.15) is 5.82 Å². The van der Waals surface area contributed by atoms with Gasteiger partial charge in [0.25, 0.3) is 0 Å². The maximum atomic E-state index is 13.4. The Labute approximate surface area is 130 Å². The summed E-state index contributed by atoms with van der Waals surface area (Å²) in [5.74, 6) is -0.451. The summed E-state index contributed by atoms with van der Waals surface area (Å²) in [4.78, 5) is 13.7. The van der Waals surface area contributed by atoms with Crippen molar-refractivity contribution in [1.29, 1.82) is 0 Å². The summed E-state index contributed by atoms with van der Waals surface area (Å²) >= 11 is 0. The van der Waals surface area contributed by atoms with Crippen molar-refractivity contribution in [2.75, 3.05) is 44.3 Å². The SMILES string of the molecule is Cc1ccc(NCC(=O)N2CCN(S(C)(=O)=O)CC2)cc1F. The number of anilines is 1. The molecule has 1 aliphatic rings. The van der Waals surface area contributed by atoms with Crippen LogP contribution in [0.1, 0.15) is 5.56 Å². The number of halogens is 1. The molecule has 2 rings (SSSR count). The van der Waals surface area contributed by atoms with E-state index in [1.165, 1.54) is 10.4 Å². The van der Waals surface area contributed by atoms with Crippen LogP contribution in [0.25, 0.3) is 0 Å². The van der Waals surface area contributed by atoms with E-state index in [4.69, 9.17) is 0 Å². The van der Waals surface area contributed by atoms with E-state index in [2.05, 4.69) is 5.32 Å². The normalized spacial score (nSPS) is 16.6. The van der Waals surface area contributed by atoms with Gasteiger partial charge in [-0.1, -0.05) is 6.07 Å². The molecule has 0 aliphatic carbocycles. The van der Waals surface area contributed by atoms with Crippen molar-refractivity contribution in [3.8, 4) is 0 Å². The number of nitrogens with zero attached hydrogens (tertiary/aromatic N) is 2. The number of amides is 1. The molecule has 0 aromatic heterocycles. The van der Waals surface area contributed by atoms with E-state index >= 15 is 0 Å². The summed E-state index contributed by atoms with van der Waals surface area (Å²) in [7, 11) is -3.20. The highest BCUT2D eigenvalue weighted by Gasteiger charge is 2.25. The van der Waals surface area contributed by atoms with Crippen molar-refractivity contribution >= 4 is 21.6 Å². The number of sulfonamides is 1. The smallest absolute Gasteiger partial charge is 0.241 e. The van der Waals surface area contributed by atoms with Crippen LogP contribution in [0.2, 0.25) is 0 Å². The van der Waals surface area contributed by atoms with Crippen molar-refractivity contribution in [3.63, 3.8) is 0 Å². The Hall–Kier alpha value is -1.67. The van der Waals surface area contributed by atoms with Crippen LogP contribution in [-0.4, -0.2) is 62.5 Å². The summed E-state index contributed by atoms with van der Waals surface area (Å²) in [6.07, 6.45) is 1.16. The molecule has 0 saturated carbocycles. The largest absolute Gasteiger partial charge is 0.376 e. The van der Waals surface area contributed by atoms with Crippen LogP contribution in [0.15, 0.2) is 18.2 Å². The molecule has 1 amide bonds. The molecule has 0 atom stereocenters. The number of piperazine rings is 1. The Bertz CT molecular complexity index is 655. The third-order valence-electron chi connectivity index (χ3n) is 3.68. The topological polar surface area (TPSA) is 69.7 Å². The van der Waals surface area contributed by atoms with E-state index in [9.17, 15) is 17.6 Å². The van der Waals surface area contributed by atoms with E-state index in [1.807, 2.05) is 0 Å². The lowest BCUT2D eigenvalue weighted by molar-refractivity contribution is -0.130. The minimum absolute atomic E-state index is 0.0569. The molecule has 1 fully saturated rings. The van der Waals surface area contributed by atoms with Crippen LogP contribution < -0.4 is 5.32 Å². The second-order valence-corrected chi connectivity index (χ2v) is 7.34. The summed E-state index contributed by atoms with van der Waals surface area (Å²) in [6, 6.07) is 4.71. The van der Waals surface area contributed by atoms with Crippen molar-refractivity contribution in [1.82, 2.24) is 9.21 Å². The van der Waals surface area contributed by atoms with E-state index in [0.717, 1.165) is 6.26 Å². The maximum absolute atomic E-state index is 13.4. The van der Waals surface area contributed by atoms with Crippen molar-refractivity contribution in [2.45, 2.75) is 6.92 Å². The van der Waals surface area contributed by atoms with Gasteiger partial charge in [-0.3, -0.25) is 4.79 Å². The van der Waals surface area contributed by atoms with Gasteiger partial charge in [0.2, 0.25) is 15.9 Å². The van der Waals surface area contributed by atoms with Crippen LogP contribution in [-0.2, 0) is 14.8 Å². The van der Waals surface area contributed by atoms with Crippen molar-refractivity contribution in [3.05, 3.63) is 29.6 Å². The molecule has 6 nitrogen and oxygen atoms in total. The summed E-state index contributed by atoms with van der Waals surface area (Å²) in [5, 5.41) is 2.89. The minimum Gasteiger partial charge on any atom is -0.376 e. The standard InChI is InChI=1S/C14H20FN3O3S/c1-11-3-4-12(9-13(11)15)16-10-14(19)17-5-7-18(8-6-17)22(2,20)21/h3-4,9,16H,5-8,10H2,1-2H3. The van der Waals surface area contributed by atoms with E-state index in [0.29, 0.717) is 37.4 Å². The lowest BCUT2D eigenvalue weighted by atomic mass is 10.2. The third kappa shape index (κ3) is 4.17. The molecule has 8 heteroatoms. The molecule has 0 radical (unpaired) electrons. The lowest BCUT2D eigenvalue weighted by Gasteiger charge is -2.33. The van der Waals surface area contributed by atoms with E-state index < -0.39 is 10.0 Å². The van der Waals surface area contributed by atoms with Crippen LogP contribution in [0.4, 0.5) is 10.1 Å². The number of carbonyl (C=O) groups is 1. The monoisotopic (exact) mass is 329 g/mol. The Morgan fingerprint density at radius 3 is 2.45 bits per heavy atom. The van der Waals surface area contributed by atoms with Crippen molar-refractivity contribution in [2.24, 2.45) is 0 Å². The van der Waals surface area contributed by atoms with Crippen molar-refractivity contribution < 1.29 is 17.6 Å². The molecule has 122 valence electrons. The number of aryl methyl sites for hydroxylation is 1. The molecular formula is C14H20FN3O3S. The predicted molar refractivity (Wildman–Crippen MR) is 82.6 cm³/mol. The Morgan fingerprint density at radius 2 is 1.91 bits per heavy atom. The zero-order valence-electron chi connectivity index (χ0n) is 12.7. The Morgan fingerprint density at radius 1 is 1.27 bits per heavy atom. The van der Waals surface area contributed by atoms with Crippen LogP contribution >= 0.6 is 0 Å². The zero-order chi connectivity index (χ0) is 16.3. The Balaban J connectivity index is 1.85. The number of hydrogen-bond donors (Lipinski definition) is 1. The quantitative estimate of drug-likeness (QED) is 0.881. The van der Waals surface area contributed by atoms with Gasteiger partial charge in [0.05, 0.1) is 12.8 Å². The first-order valence-electron chi connectivity index (χ1n) is 7.00. The molecule has 1 saturated heterocycles. The first kappa shape index (κ1) is 16.7. The van der Waals surface area contributed by atoms with Gasteiger partial charge < -0.3 is 10.2 Å². The molecule has 22 heavy (non-hydrogen) atoms. The molecule has 1 aliphatic heterocycles. The second kappa shape index (κ2) is 6.62. The average molecular weight is 329 g/mol. The fourth-order valence-electron chi connectivity index (χ4n) is 2.26. The van der Waals surface area contributed by atoms with Gasteiger partial charge in [0, 0.05) is 31.9 Å². The van der Waals surface area contributed by atoms with Gasteiger partial charge in [-0.25, -0.2) is 12.8 Å². The van der Waals surface area contributed by atoms with Crippen LogP contribution in [0.5, 0.6) is 0 Å². The maximum Gasteiger partial charge on any atom is 0.241 e. The average Bonchev–Trinajstić information content (AvgIpc) is 2.47. The highest BCUT2D eigenvalue weighted by Crippen LogP contribution is 2.13. The molecule has 1 aromatic carbocycles. The molecule has 1 heterocycles. The minimum atomic E-state index is -3.20. The molecular weight excluding hydrogens is 309 g/mol. The summed E-state index contributed by atoms with van der Waals surface area (Å²) in [6.45, 7) is 3.09. The molecule has 0 unspecified atom stereocenters. The van der Waals surface area contributed by atoms with Gasteiger partial charge >= 0.3 is 0 Å². The van der Waals surface area contributed by atoms with Gasteiger partial charge in [0.15, 0.2) is 0 Å². The number of carbonyl (C=O) groups excluding carboxylic acids is 1. The first-order valence-corrected chi connectivity index (χ1v) is 8.85.